The molecule has 0 saturated carbocycles. The fraction of sp³-hybridized carbons (Fsp3) is 0. The molecule has 1 aromatic heterocycles. The number of fused-ring (bicyclic) bond motifs is 2. The summed E-state index contributed by atoms with van der Waals surface area (Å²) in [4.78, 5) is 0. The smallest absolute Gasteiger partial charge is 0.293 e. The average Bonchev–Trinajstić information content (AvgIpc) is 2.71. The van der Waals surface area contributed by atoms with E-state index in [-0.39, 0.29) is 4.70 Å². The molecule has 5 heteroatoms. The van der Waals surface area contributed by atoms with Crippen molar-refractivity contribution in [3.63, 3.8) is 0 Å². The maximum Gasteiger partial charge on any atom is 0.845 e. The first-order valence-corrected chi connectivity index (χ1v) is 4.19. The fourth-order valence-electron chi connectivity index (χ4n) is 1.73. The van der Waals surface area contributed by atoms with Crippen LogP contribution in [-0.2, 0) is 0 Å². The van der Waals surface area contributed by atoms with Crippen LogP contribution in [0.5, 0.6) is 0 Å². The summed E-state index contributed by atoms with van der Waals surface area (Å²) < 4.78 is 17.0. The van der Waals surface area contributed by atoms with Crippen LogP contribution < -0.4 is 0 Å². The summed E-state index contributed by atoms with van der Waals surface area (Å²) in [6.07, 6.45) is 9.23. The highest BCUT2D eigenvalue weighted by Crippen LogP contribution is 2.20. The first-order chi connectivity index (χ1) is 6.36. The summed E-state index contributed by atoms with van der Waals surface area (Å²) in [6.45, 7) is 0. The zero-order valence-electron chi connectivity index (χ0n) is 7.30. The molecule has 0 spiro atoms. The lowest BCUT2D eigenvalue weighted by Gasteiger charge is -2.09. The van der Waals surface area contributed by atoms with Crippen molar-refractivity contribution in [3.05, 3.63) is 41.9 Å². The lowest BCUT2D eigenvalue weighted by molar-refractivity contribution is -0.328. The van der Waals surface area contributed by atoms with Crippen LogP contribution in [0.1, 0.15) is 5.69 Å². The zero-order valence-corrected chi connectivity index (χ0v) is 7.30. The molecule has 2 aliphatic rings. The average molecular weight is 193 g/mol. The van der Waals surface area contributed by atoms with Gasteiger partial charge in [-0.05, 0) is 12.1 Å². The van der Waals surface area contributed by atoms with Gasteiger partial charge in [0.15, 0.2) is 5.70 Å². The van der Waals surface area contributed by atoms with E-state index in [0.717, 1.165) is 11.4 Å². The largest absolute Gasteiger partial charge is 0.845 e. The molecule has 2 nitrogen and oxygen atoms in total. The lowest BCUT2D eigenvalue weighted by Crippen LogP contribution is -2.35. The van der Waals surface area contributed by atoms with Gasteiger partial charge in [-0.2, -0.15) is 0 Å². The summed E-state index contributed by atoms with van der Waals surface area (Å²) in [5.41, 5.74) is 1.83. The molecule has 2 aliphatic heterocycles. The Kier molecular flexibility index (Phi) is 1.87. The summed E-state index contributed by atoms with van der Waals surface area (Å²) in [6, 6.07) is 3.76. The van der Waals surface area contributed by atoms with Crippen LogP contribution in [0.2, 0.25) is 0 Å². The number of hydrogen-bond donors (Lipinski definition) is 0. The van der Waals surface area contributed by atoms with E-state index in [1.165, 1.54) is 0 Å². The lowest BCUT2D eigenvalue weighted by atomic mass is 9.99. The van der Waals surface area contributed by atoms with E-state index in [1.54, 1.807) is 21.4 Å². The quantitative estimate of drug-likeness (QED) is 0.551. The van der Waals surface area contributed by atoms with Crippen molar-refractivity contribution in [2.75, 3.05) is 0 Å². The van der Waals surface area contributed by atoms with Crippen molar-refractivity contribution >= 4 is 19.6 Å². The van der Waals surface area contributed by atoms with Gasteiger partial charge >= 0.3 is 7.26 Å². The van der Waals surface area contributed by atoms with E-state index >= 15 is 0 Å². The van der Waals surface area contributed by atoms with Gasteiger partial charge < -0.3 is 0 Å². The van der Waals surface area contributed by atoms with Gasteiger partial charge in [0, 0.05) is 30.1 Å². The molecule has 0 atom stereocenters. The third kappa shape index (κ3) is 0.983. The van der Waals surface area contributed by atoms with Crippen LogP contribution in [-0.4, -0.2) is 22.4 Å². The molecule has 0 bridgehead atoms. The van der Waals surface area contributed by atoms with Gasteiger partial charge in [0.2, 0.25) is 0 Å². The SMILES string of the molecule is F.FB1n2cccc2C=C2C=CC=[N+]12. The van der Waals surface area contributed by atoms with Crippen LogP contribution in [0.3, 0.4) is 0 Å². The topological polar surface area (TPSA) is 7.94 Å². The van der Waals surface area contributed by atoms with Crippen molar-refractivity contribution in [2.24, 2.45) is 0 Å². The zero-order chi connectivity index (χ0) is 8.84. The van der Waals surface area contributed by atoms with E-state index in [2.05, 4.69) is 0 Å². The molecule has 14 heavy (non-hydrogen) atoms. The summed E-state index contributed by atoms with van der Waals surface area (Å²) in [7, 11) is -1.10. The molecule has 0 aliphatic carbocycles. The Morgan fingerprint density at radius 2 is 2.29 bits per heavy atom. The summed E-state index contributed by atoms with van der Waals surface area (Å²) in [5, 5.41) is 0. The van der Waals surface area contributed by atoms with Crippen molar-refractivity contribution in [1.29, 1.82) is 0 Å². The van der Waals surface area contributed by atoms with Crippen LogP contribution in [0.4, 0.5) is 9.02 Å². The van der Waals surface area contributed by atoms with Crippen molar-refractivity contribution < 1.29 is 13.5 Å². The molecule has 0 amide bonds. The maximum atomic E-state index is 13.7. The number of hydrogen-bond acceptors (Lipinski definition) is 0. The third-order valence-electron chi connectivity index (χ3n) is 2.38. The Balaban J connectivity index is 0.000000750. The monoisotopic (exact) mass is 193 g/mol. The van der Waals surface area contributed by atoms with Crippen LogP contribution in [0, 0.1) is 0 Å². The first kappa shape index (κ1) is 8.93. The van der Waals surface area contributed by atoms with E-state index in [1.807, 2.05) is 30.4 Å². The minimum atomic E-state index is -1.10. The van der Waals surface area contributed by atoms with Gasteiger partial charge in [-0.3, -0.25) is 9.18 Å². The Hall–Kier alpha value is -1.65. The molecular weight excluding hydrogens is 185 g/mol. The number of rotatable bonds is 0. The molecule has 0 unspecified atom stereocenters. The Morgan fingerprint density at radius 3 is 3.14 bits per heavy atom. The van der Waals surface area contributed by atoms with Gasteiger partial charge in [-0.15, -0.1) is 0 Å². The molecule has 1 aromatic rings. The minimum Gasteiger partial charge on any atom is -0.293 e. The van der Waals surface area contributed by atoms with E-state index in [4.69, 9.17) is 0 Å². The maximum absolute atomic E-state index is 13.7. The minimum absolute atomic E-state index is 0. The van der Waals surface area contributed by atoms with Gasteiger partial charge in [0.1, 0.15) is 6.21 Å². The number of nitrogens with zero attached hydrogens (tertiary/aromatic N) is 2. The highest BCUT2D eigenvalue weighted by molar-refractivity contribution is 6.42. The summed E-state index contributed by atoms with van der Waals surface area (Å²) in [5.74, 6) is 0. The van der Waals surface area contributed by atoms with Gasteiger partial charge in [0.25, 0.3) is 0 Å². The molecule has 0 radical (unpaired) electrons. The molecule has 3 heterocycles. The standard InChI is InChI=1S/C9H7BFN2.FH/c11-10-12-5-1-3-8(12)7-9-4-2-6-13(9)10;/h1-7H;1H/q+1;. The molecule has 0 aromatic carbocycles. The van der Waals surface area contributed by atoms with E-state index in [0.29, 0.717) is 0 Å². The molecular formula is C9H8BF2N2+. The third-order valence-corrected chi connectivity index (χ3v) is 2.38. The molecule has 3 rings (SSSR count). The predicted molar refractivity (Wildman–Crippen MR) is 52.6 cm³/mol. The van der Waals surface area contributed by atoms with E-state index < -0.39 is 7.26 Å². The van der Waals surface area contributed by atoms with Crippen molar-refractivity contribution in [2.45, 2.75) is 0 Å². The Morgan fingerprint density at radius 1 is 1.43 bits per heavy atom. The van der Waals surface area contributed by atoms with E-state index in [9.17, 15) is 4.32 Å². The molecule has 0 saturated heterocycles. The van der Waals surface area contributed by atoms with Crippen LogP contribution in [0.15, 0.2) is 36.2 Å². The second-order valence-corrected chi connectivity index (χ2v) is 3.14. The first-order valence-electron chi connectivity index (χ1n) is 4.19. The van der Waals surface area contributed by atoms with Gasteiger partial charge in [-0.25, -0.2) is 8.80 Å². The molecule has 70 valence electrons. The van der Waals surface area contributed by atoms with Crippen molar-refractivity contribution in [3.8, 4) is 0 Å². The van der Waals surface area contributed by atoms with Gasteiger partial charge in [0.05, 0.1) is 0 Å². The summed E-state index contributed by atoms with van der Waals surface area (Å²) >= 11 is 0. The Bertz CT molecular complexity index is 459. The highest BCUT2D eigenvalue weighted by atomic mass is 19.1. The van der Waals surface area contributed by atoms with Crippen molar-refractivity contribution in [1.82, 2.24) is 4.48 Å². The second kappa shape index (κ2) is 2.94. The number of halogens is 2. The second-order valence-electron chi connectivity index (χ2n) is 3.14. The van der Waals surface area contributed by atoms with Crippen LogP contribution >= 0.6 is 0 Å². The highest BCUT2D eigenvalue weighted by Gasteiger charge is 2.43. The number of aromatic nitrogens is 1. The predicted octanol–water partition coefficient (Wildman–Crippen LogP) is 1.45. The Labute approximate surface area is 80.2 Å². The normalized spacial score (nSPS) is 16.8. The van der Waals surface area contributed by atoms with Crippen LogP contribution in [0.25, 0.3) is 6.08 Å². The molecule has 0 N–H and O–H groups in total. The van der Waals surface area contributed by atoms with Gasteiger partial charge in [-0.1, -0.05) is 0 Å². The number of allylic oxidation sites excluding steroid dienone is 2. The molecule has 0 fully saturated rings. The fourth-order valence-corrected chi connectivity index (χ4v) is 1.73.